The van der Waals surface area contributed by atoms with E-state index in [2.05, 4.69) is 6.92 Å². The van der Waals surface area contributed by atoms with Gasteiger partial charge in [-0.25, -0.2) is 4.39 Å². The Morgan fingerprint density at radius 3 is 1.65 bits per heavy atom. The van der Waals surface area contributed by atoms with Crippen LogP contribution in [0.1, 0.15) is 72.6 Å². The summed E-state index contributed by atoms with van der Waals surface area (Å²) in [4.78, 5) is 0. The van der Waals surface area contributed by atoms with Crippen molar-refractivity contribution in [1.29, 1.82) is 0 Å². The fraction of sp³-hybridized carbons (Fsp3) is 1.00. The lowest BCUT2D eigenvalue weighted by molar-refractivity contribution is -0.401. The SMILES string of the molecule is CCCCCCCCC(F)C(OCC)(OCC)OCC. The first-order valence-corrected chi connectivity index (χ1v) is 8.22. The smallest absolute Gasteiger partial charge is 0.316 e. The first-order valence-electron chi connectivity index (χ1n) is 8.22. The third-order valence-corrected chi connectivity index (χ3v) is 3.23. The fourth-order valence-corrected chi connectivity index (χ4v) is 2.28. The van der Waals surface area contributed by atoms with Gasteiger partial charge in [-0.3, -0.25) is 0 Å². The van der Waals surface area contributed by atoms with Crippen molar-refractivity contribution < 1.29 is 18.6 Å². The molecule has 122 valence electrons. The number of rotatable bonds is 14. The van der Waals surface area contributed by atoms with Crippen molar-refractivity contribution in [2.24, 2.45) is 0 Å². The van der Waals surface area contributed by atoms with Gasteiger partial charge in [0.1, 0.15) is 0 Å². The van der Waals surface area contributed by atoms with Crippen molar-refractivity contribution in [2.45, 2.75) is 84.8 Å². The topological polar surface area (TPSA) is 27.7 Å². The first-order chi connectivity index (χ1) is 9.66. The van der Waals surface area contributed by atoms with Gasteiger partial charge in [-0.2, -0.15) is 0 Å². The third kappa shape index (κ3) is 7.55. The van der Waals surface area contributed by atoms with Crippen LogP contribution in [0.4, 0.5) is 4.39 Å². The van der Waals surface area contributed by atoms with Gasteiger partial charge in [0.2, 0.25) is 0 Å². The molecular weight excluding hydrogens is 259 g/mol. The van der Waals surface area contributed by atoms with Crippen molar-refractivity contribution >= 4 is 0 Å². The maximum Gasteiger partial charge on any atom is 0.316 e. The van der Waals surface area contributed by atoms with E-state index in [4.69, 9.17) is 14.2 Å². The molecule has 0 spiro atoms. The summed E-state index contributed by atoms with van der Waals surface area (Å²) in [6.07, 6.45) is 5.99. The van der Waals surface area contributed by atoms with Crippen molar-refractivity contribution in [1.82, 2.24) is 0 Å². The van der Waals surface area contributed by atoms with Gasteiger partial charge >= 0.3 is 5.97 Å². The van der Waals surface area contributed by atoms with Crippen LogP contribution < -0.4 is 0 Å². The van der Waals surface area contributed by atoms with Gasteiger partial charge in [0, 0.05) is 19.8 Å². The van der Waals surface area contributed by atoms with Gasteiger partial charge in [-0.05, 0) is 27.2 Å². The van der Waals surface area contributed by atoms with Crippen LogP contribution in [0.2, 0.25) is 0 Å². The molecule has 0 saturated heterocycles. The molecule has 0 aromatic carbocycles. The van der Waals surface area contributed by atoms with Crippen LogP contribution in [-0.2, 0) is 14.2 Å². The standard InChI is InChI=1S/C16H33FO3/c1-5-9-10-11-12-13-14-15(17)16(18-6-2,19-7-3)20-8-4/h15H,5-14H2,1-4H3. The molecule has 0 heterocycles. The zero-order chi connectivity index (χ0) is 15.3. The zero-order valence-corrected chi connectivity index (χ0v) is 13.8. The van der Waals surface area contributed by atoms with Crippen LogP contribution in [0.25, 0.3) is 0 Å². The molecule has 4 heteroatoms. The summed E-state index contributed by atoms with van der Waals surface area (Å²) in [6.45, 7) is 8.78. The van der Waals surface area contributed by atoms with E-state index in [-0.39, 0.29) is 0 Å². The highest BCUT2D eigenvalue weighted by Gasteiger charge is 2.42. The summed E-state index contributed by atoms with van der Waals surface area (Å²) in [5, 5.41) is 0. The lowest BCUT2D eigenvalue weighted by Gasteiger charge is -2.34. The molecule has 0 fully saturated rings. The number of unbranched alkanes of at least 4 members (excludes halogenated alkanes) is 5. The first kappa shape index (κ1) is 19.8. The number of ether oxygens (including phenoxy) is 3. The minimum Gasteiger partial charge on any atom is -0.325 e. The second-order valence-electron chi connectivity index (χ2n) is 4.93. The lowest BCUT2D eigenvalue weighted by Crippen LogP contribution is -2.48. The van der Waals surface area contributed by atoms with E-state index in [1.807, 2.05) is 20.8 Å². The molecule has 0 aliphatic carbocycles. The van der Waals surface area contributed by atoms with Crippen LogP contribution in [0.3, 0.4) is 0 Å². The fourth-order valence-electron chi connectivity index (χ4n) is 2.28. The number of halogens is 1. The number of hydrogen-bond donors (Lipinski definition) is 0. The Morgan fingerprint density at radius 2 is 1.20 bits per heavy atom. The largest absolute Gasteiger partial charge is 0.325 e. The molecule has 0 bridgehead atoms. The van der Waals surface area contributed by atoms with Crippen LogP contribution in [0.5, 0.6) is 0 Å². The second-order valence-corrected chi connectivity index (χ2v) is 4.93. The summed E-state index contributed by atoms with van der Waals surface area (Å²) < 4.78 is 30.8. The molecular formula is C16H33FO3. The normalized spacial score (nSPS) is 13.7. The minimum absolute atomic E-state index is 0.372. The summed E-state index contributed by atoms with van der Waals surface area (Å²) in [5.74, 6) is -1.51. The molecule has 1 atom stereocenters. The van der Waals surface area contributed by atoms with Gasteiger partial charge in [-0.15, -0.1) is 0 Å². The van der Waals surface area contributed by atoms with Crippen LogP contribution in [-0.4, -0.2) is 32.0 Å². The molecule has 0 aliphatic heterocycles. The zero-order valence-electron chi connectivity index (χ0n) is 13.8. The second kappa shape index (κ2) is 12.5. The van der Waals surface area contributed by atoms with Crippen molar-refractivity contribution in [2.75, 3.05) is 19.8 Å². The van der Waals surface area contributed by atoms with E-state index in [0.29, 0.717) is 26.2 Å². The van der Waals surface area contributed by atoms with Crippen LogP contribution >= 0.6 is 0 Å². The average molecular weight is 292 g/mol. The highest BCUT2D eigenvalue weighted by atomic mass is 19.1. The van der Waals surface area contributed by atoms with E-state index < -0.39 is 12.1 Å². The van der Waals surface area contributed by atoms with E-state index in [0.717, 1.165) is 12.8 Å². The van der Waals surface area contributed by atoms with Gasteiger partial charge in [0.15, 0.2) is 6.17 Å². The van der Waals surface area contributed by atoms with Crippen LogP contribution in [0, 0.1) is 0 Å². The van der Waals surface area contributed by atoms with E-state index in [1.165, 1.54) is 25.7 Å². The Morgan fingerprint density at radius 1 is 0.750 bits per heavy atom. The minimum atomic E-state index is -1.51. The molecule has 0 saturated carbocycles. The number of hydrogen-bond acceptors (Lipinski definition) is 3. The average Bonchev–Trinajstić information content (AvgIpc) is 2.43. The third-order valence-electron chi connectivity index (χ3n) is 3.23. The molecule has 0 N–H and O–H groups in total. The quantitative estimate of drug-likeness (QED) is 0.339. The van der Waals surface area contributed by atoms with Crippen molar-refractivity contribution in [3.8, 4) is 0 Å². The maximum absolute atomic E-state index is 14.5. The molecule has 0 amide bonds. The Bertz CT molecular complexity index is 195. The van der Waals surface area contributed by atoms with E-state index >= 15 is 0 Å². The Hall–Kier alpha value is -0.190. The molecule has 0 aromatic heterocycles. The summed E-state index contributed by atoms with van der Waals surface area (Å²) in [6, 6.07) is 0. The summed E-state index contributed by atoms with van der Waals surface area (Å²) in [5.41, 5.74) is 0. The molecule has 0 aromatic rings. The molecule has 0 radical (unpaired) electrons. The van der Waals surface area contributed by atoms with Crippen LogP contribution in [0.15, 0.2) is 0 Å². The number of alkyl halides is 1. The Labute approximate surface area is 124 Å². The van der Waals surface area contributed by atoms with Gasteiger partial charge in [0.25, 0.3) is 0 Å². The van der Waals surface area contributed by atoms with Gasteiger partial charge < -0.3 is 14.2 Å². The predicted octanol–water partition coefficient (Wildman–Crippen LogP) is 4.84. The Balaban J connectivity index is 4.20. The summed E-state index contributed by atoms with van der Waals surface area (Å²) >= 11 is 0. The maximum atomic E-state index is 14.5. The molecule has 20 heavy (non-hydrogen) atoms. The molecule has 3 nitrogen and oxygen atoms in total. The van der Waals surface area contributed by atoms with Gasteiger partial charge in [0.05, 0.1) is 0 Å². The highest BCUT2D eigenvalue weighted by Crippen LogP contribution is 2.27. The van der Waals surface area contributed by atoms with E-state index in [9.17, 15) is 4.39 Å². The lowest BCUT2D eigenvalue weighted by atomic mass is 10.1. The molecule has 1 unspecified atom stereocenters. The molecule has 0 aliphatic rings. The van der Waals surface area contributed by atoms with Crippen molar-refractivity contribution in [3.63, 3.8) is 0 Å². The van der Waals surface area contributed by atoms with E-state index in [1.54, 1.807) is 0 Å². The Kier molecular flexibility index (Phi) is 12.4. The highest BCUT2D eigenvalue weighted by molar-refractivity contribution is 4.71. The summed E-state index contributed by atoms with van der Waals surface area (Å²) in [7, 11) is 0. The molecule has 0 rings (SSSR count). The monoisotopic (exact) mass is 292 g/mol. The van der Waals surface area contributed by atoms with Gasteiger partial charge in [-0.1, -0.05) is 45.4 Å². The van der Waals surface area contributed by atoms with Crippen molar-refractivity contribution in [3.05, 3.63) is 0 Å². The predicted molar refractivity (Wildman–Crippen MR) is 80.5 cm³/mol.